The minimum absolute atomic E-state index is 0.0831. The molecule has 0 saturated heterocycles. The van der Waals surface area contributed by atoms with E-state index in [-0.39, 0.29) is 27.7 Å². The van der Waals surface area contributed by atoms with Crippen LogP contribution in [0.5, 0.6) is 0 Å². The maximum Gasteiger partial charge on any atom is 0.434 e. The fourth-order valence-electron chi connectivity index (χ4n) is 3.77. The Morgan fingerprint density at radius 3 is 2.20 bits per heavy atom. The molecule has 0 aliphatic heterocycles. The fraction of sp³-hybridized carbons (Fsp3) is 0.379. The van der Waals surface area contributed by atoms with E-state index in [0.717, 1.165) is 24.1 Å². The molecule has 12 heteroatoms. The molecule has 0 amide bonds. The summed E-state index contributed by atoms with van der Waals surface area (Å²) in [5.74, 6) is 0.164. The van der Waals surface area contributed by atoms with Gasteiger partial charge in [0, 0.05) is 6.20 Å². The Morgan fingerprint density at radius 1 is 1.05 bits per heavy atom. The van der Waals surface area contributed by atoms with Crippen LogP contribution in [0.2, 0.25) is 5.02 Å². The van der Waals surface area contributed by atoms with Crippen LogP contribution in [0.1, 0.15) is 57.6 Å². The lowest BCUT2D eigenvalue weighted by Gasteiger charge is -2.33. The molecule has 0 aliphatic rings. The predicted molar refractivity (Wildman–Crippen MR) is 154 cm³/mol. The summed E-state index contributed by atoms with van der Waals surface area (Å²) < 4.78 is 62.4. The first-order valence-corrected chi connectivity index (χ1v) is 14.3. The molecule has 220 valence electrons. The molecule has 6 nitrogen and oxygen atoms in total. The van der Waals surface area contributed by atoms with Crippen LogP contribution in [0.15, 0.2) is 53.3 Å². The van der Waals surface area contributed by atoms with Crippen LogP contribution in [0.25, 0.3) is 28.4 Å². The highest BCUT2D eigenvalue weighted by Crippen LogP contribution is 2.43. The maximum absolute atomic E-state index is 14.5. The largest absolute Gasteiger partial charge is 0.434 e. The molecule has 1 aromatic carbocycles. The summed E-state index contributed by atoms with van der Waals surface area (Å²) in [4.78, 5) is 16.6. The molecule has 0 aliphatic carbocycles. The minimum Gasteiger partial charge on any atom is -0.355 e. The predicted octanol–water partition coefficient (Wildman–Crippen LogP) is 9.23. The van der Waals surface area contributed by atoms with E-state index in [4.69, 9.17) is 16.1 Å². The number of aromatic nitrogens is 4. The summed E-state index contributed by atoms with van der Waals surface area (Å²) in [6.45, 7) is 13.8. The minimum atomic E-state index is -4.90. The third-order valence-electron chi connectivity index (χ3n) is 7.41. The smallest absolute Gasteiger partial charge is 0.355 e. The number of nitrogens with zero attached hydrogens (tertiary/aromatic N) is 4. The van der Waals surface area contributed by atoms with Gasteiger partial charge < -0.3 is 4.52 Å². The number of hydrogen-bond acceptors (Lipinski definition) is 6. The van der Waals surface area contributed by atoms with E-state index >= 15 is 0 Å². The maximum atomic E-state index is 14.5. The van der Waals surface area contributed by atoms with Crippen molar-refractivity contribution in [3.63, 3.8) is 0 Å². The summed E-state index contributed by atoms with van der Waals surface area (Å²) >= 11 is 6.79. The van der Waals surface area contributed by atoms with Crippen molar-refractivity contribution in [3.8, 4) is 28.4 Å². The Labute approximate surface area is 245 Å². The van der Waals surface area contributed by atoms with Gasteiger partial charge in [-0.2, -0.15) is 18.3 Å². The average molecular weight is 611 g/mol. The van der Waals surface area contributed by atoms with Crippen molar-refractivity contribution in [1.82, 2.24) is 19.9 Å². The fourth-order valence-corrected chi connectivity index (χ4v) is 4.41. The van der Waals surface area contributed by atoms with Crippen molar-refractivity contribution in [2.75, 3.05) is 6.26 Å². The van der Waals surface area contributed by atoms with Gasteiger partial charge in [-0.15, -0.1) is 0 Å². The summed E-state index contributed by atoms with van der Waals surface area (Å²) in [6.07, 6.45) is -1.27. The summed E-state index contributed by atoms with van der Waals surface area (Å²) in [7, 11) is 0. The lowest BCUT2D eigenvalue weighted by molar-refractivity contribution is -0.142. The molecular formula is C29H31ClF4N4O2S. The highest BCUT2D eigenvalue weighted by atomic mass is 35.5. The Morgan fingerprint density at radius 2 is 1.71 bits per heavy atom. The standard InChI is InChI=1S/C20H11ClF4N4O2S.C9H20/c1-32-19(30)15-16(14-11(21)5-4-6-12(14)22)28-31-17(15)10-9-27-29(18(10)20(23,24)25)13-7-2-3-8-26-13;1-7(2)9(5,6)8(3)4/h2-9H,1H3;7-8H,1-6H3. The van der Waals surface area contributed by atoms with Crippen molar-refractivity contribution < 1.29 is 26.9 Å². The molecule has 0 bridgehead atoms. The molecule has 3 aromatic heterocycles. The molecule has 0 spiro atoms. The highest BCUT2D eigenvalue weighted by Gasteiger charge is 2.42. The first kappa shape index (κ1) is 32.3. The number of thioether (sulfide) groups is 1. The highest BCUT2D eigenvalue weighted by molar-refractivity contribution is 8.13. The van der Waals surface area contributed by atoms with Crippen LogP contribution in [0.4, 0.5) is 17.6 Å². The molecule has 4 aromatic rings. The molecule has 0 atom stereocenters. The van der Waals surface area contributed by atoms with Crippen LogP contribution >= 0.6 is 23.4 Å². The second kappa shape index (κ2) is 12.8. The number of hydrogen-bond donors (Lipinski definition) is 0. The van der Waals surface area contributed by atoms with Gasteiger partial charge >= 0.3 is 6.18 Å². The first-order valence-electron chi connectivity index (χ1n) is 12.7. The molecule has 3 heterocycles. The Kier molecular flexibility index (Phi) is 10.1. The molecular weight excluding hydrogens is 580 g/mol. The topological polar surface area (TPSA) is 73.8 Å². The quantitative estimate of drug-likeness (QED) is 0.203. The van der Waals surface area contributed by atoms with Gasteiger partial charge in [0.15, 0.2) is 17.3 Å². The van der Waals surface area contributed by atoms with Gasteiger partial charge in [-0.1, -0.05) is 82.2 Å². The number of carbonyl (C=O) groups excluding carboxylic acids is 1. The van der Waals surface area contributed by atoms with E-state index in [9.17, 15) is 22.4 Å². The Balaban J connectivity index is 0.000000445. The van der Waals surface area contributed by atoms with Gasteiger partial charge in [0.25, 0.3) is 0 Å². The van der Waals surface area contributed by atoms with Crippen LogP contribution in [0, 0.1) is 23.1 Å². The summed E-state index contributed by atoms with van der Waals surface area (Å²) in [5, 5.41) is 6.74. The van der Waals surface area contributed by atoms with Gasteiger partial charge in [0.2, 0.25) is 5.12 Å². The zero-order valence-corrected chi connectivity index (χ0v) is 25.2. The van der Waals surface area contributed by atoms with Crippen LogP contribution in [-0.4, -0.2) is 31.3 Å². The third-order valence-corrected chi connectivity index (χ3v) is 8.30. The molecule has 4 rings (SSSR count). The van der Waals surface area contributed by atoms with Crippen LogP contribution in [0.3, 0.4) is 0 Å². The monoisotopic (exact) mass is 610 g/mol. The molecule has 0 unspecified atom stereocenters. The number of pyridine rings is 1. The van der Waals surface area contributed by atoms with E-state index in [1.807, 2.05) is 0 Å². The lowest BCUT2D eigenvalue weighted by atomic mass is 9.72. The number of halogens is 5. The SMILES string of the molecule is CC(C)C(C)(C)C(C)C.CSC(=O)c1c(-c2c(F)cccc2Cl)noc1-c1cnn(-c2ccccn2)c1C(F)(F)F. The molecule has 41 heavy (non-hydrogen) atoms. The molecule has 0 fully saturated rings. The van der Waals surface area contributed by atoms with Gasteiger partial charge in [0.05, 0.1) is 22.3 Å². The molecule has 0 radical (unpaired) electrons. The molecule has 0 N–H and O–H groups in total. The van der Waals surface area contributed by atoms with Crippen molar-refractivity contribution in [2.45, 2.75) is 47.7 Å². The van der Waals surface area contributed by atoms with Crippen molar-refractivity contribution in [3.05, 3.63) is 70.9 Å². The van der Waals surface area contributed by atoms with Crippen molar-refractivity contribution in [2.24, 2.45) is 17.3 Å². The van der Waals surface area contributed by atoms with Gasteiger partial charge in [-0.25, -0.2) is 14.1 Å². The van der Waals surface area contributed by atoms with E-state index in [1.165, 1.54) is 42.8 Å². The number of carbonyl (C=O) groups is 1. The van der Waals surface area contributed by atoms with Gasteiger partial charge in [0.1, 0.15) is 17.1 Å². The number of rotatable bonds is 6. The Bertz CT molecular complexity index is 1470. The number of alkyl halides is 3. The van der Waals surface area contributed by atoms with E-state index in [1.54, 1.807) is 0 Å². The number of benzene rings is 1. The van der Waals surface area contributed by atoms with E-state index in [2.05, 4.69) is 56.8 Å². The van der Waals surface area contributed by atoms with Crippen LogP contribution in [-0.2, 0) is 6.18 Å². The third kappa shape index (κ3) is 6.83. The summed E-state index contributed by atoms with van der Waals surface area (Å²) in [6, 6.07) is 8.17. The second-order valence-corrected chi connectivity index (χ2v) is 11.6. The summed E-state index contributed by atoms with van der Waals surface area (Å²) in [5.41, 5.74) is -2.19. The molecule has 0 saturated carbocycles. The van der Waals surface area contributed by atoms with Crippen LogP contribution < -0.4 is 0 Å². The first-order chi connectivity index (χ1) is 19.1. The van der Waals surface area contributed by atoms with Crippen molar-refractivity contribution in [1.29, 1.82) is 0 Å². The average Bonchev–Trinajstić information content (AvgIpc) is 3.54. The Hall–Kier alpha value is -3.18. The van der Waals surface area contributed by atoms with E-state index < -0.39 is 34.1 Å². The van der Waals surface area contributed by atoms with Gasteiger partial charge in [-0.05, 0) is 47.8 Å². The second-order valence-electron chi connectivity index (χ2n) is 10.5. The zero-order valence-electron chi connectivity index (χ0n) is 23.7. The zero-order chi connectivity index (χ0) is 30.7. The van der Waals surface area contributed by atoms with E-state index in [0.29, 0.717) is 21.9 Å². The van der Waals surface area contributed by atoms with Crippen molar-refractivity contribution >= 4 is 28.5 Å². The van der Waals surface area contributed by atoms with Gasteiger partial charge in [-0.3, -0.25) is 4.79 Å². The normalized spacial score (nSPS) is 12.0. The lowest BCUT2D eigenvalue weighted by Crippen LogP contribution is -2.25.